The van der Waals surface area contributed by atoms with Gasteiger partial charge in [0.2, 0.25) is 11.8 Å². The first-order valence-electron chi connectivity index (χ1n) is 8.66. The molecule has 29 heavy (non-hydrogen) atoms. The van der Waals surface area contributed by atoms with Crippen molar-refractivity contribution in [1.29, 1.82) is 0 Å². The minimum Gasteiger partial charge on any atom is -0.326 e. The molecular weight excluding hydrogens is 422 g/mol. The van der Waals surface area contributed by atoms with Gasteiger partial charge < -0.3 is 4.98 Å². The minimum absolute atomic E-state index is 0.0213. The summed E-state index contributed by atoms with van der Waals surface area (Å²) in [6, 6.07) is 5.66. The fourth-order valence-electron chi connectivity index (χ4n) is 3.44. The van der Waals surface area contributed by atoms with Crippen LogP contribution in [0, 0.1) is 5.82 Å². The number of likely N-dealkylation sites (N-methyl/N-ethyl adjacent to an activating group) is 1. The molecule has 0 atom stereocenters. The van der Waals surface area contributed by atoms with Gasteiger partial charge in [0, 0.05) is 18.3 Å². The van der Waals surface area contributed by atoms with Gasteiger partial charge in [0.25, 0.3) is 5.56 Å². The summed E-state index contributed by atoms with van der Waals surface area (Å²) in [4.78, 5) is 41.7. The van der Waals surface area contributed by atoms with E-state index in [0.29, 0.717) is 11.3 Å². The van der Waals surface area contributed by atoms with Gasteiger partial charge in [-0.2, -0.15) is 0 Å². The van der Waals surface area contributed by atoms with Crippen molar-refractivity contribution in [2.45, 2.75) is 6.42 Å². The molecule has 2 aromatic heterocycles. The number of imide groups is 1. The molecule has 0 saturated carbocycles. The first kappa shape index (κ1) is 19.6. The fraction of sp³-hybridized carbons (Fsp3) is 0.211. The Hall–Kier alpha value is -2.68. The van der Waals surface area contributed by atoms with E-state index in [2.05, 4.69) is 4.98 Å². The summed E-state index contributed by atoms with van der Waals surface area (Å²) in [5.41, 5.74) is 1.06. The lowest BCUT2D eigenvalue weighted by Crippen LogP contribution is -2.53. The maximum absolute atomic E-state index is 14.5. The number of hydrogen-bond acceptors (Lipinski definition) is 4. The third-order valence-corrected chi connectivity index (χ3v) is 5.49. The van der Waals surface area contributed by atoms with Gasteiger partial charge in [0.1, 0.15) is 16.5 Å². The Kier molecular flexibility index (Phi) is 4.94. The molecule has 0 spiro atoms. The maximum atomic E-state index is 14.5. The number of fused-ring (bicyclic) bond motifs is 1. The van der Waals surface area contributed by atoms with E-state index in [1.54, 1.807) is 18.0 Å². The Balaban J connectivity index is 1.75. The topological polar surface area (TPSA) is 77.9 Å². The summed E-state index contributed by atoms with van der Waals surface area (Å²) in [6.45, 7) is 0.0425. The van der Waals surface area contributed by atoms with Crippen LogP contribution >= 0.6 is 23.2 Å². The molecule has 3 heterocycles. The number of anilines is 1. The summed E-state index contributed by atoms with van der Waals surface area (Å²) in [5, 5.41) is 0.424. The second kappa shape index (κ2) is 7.29. The molecule has 10 heteroatoms. The monoisotopic (exact) mass is 436 g/mol. The van der Waals surface area contributed by atoms with Gasteiger partial charge >= 0.3 is 0 Å². The molecule has 0 bridgehead atoms. The van der Waals surface area contributed by atoms with Crippen LogP contribution in [0.3, 0.4) is 0 Å². The van der Waals surface area contributed by atoms with Crippen LogP contribution in [0.1, 0.15) is 11.3 Å². The SMILES string of the molecule is CN1CC(=O)N(c2cc(Cc3c[nH]c(=O)c4cc(Cl)c(Cl)n34)ccc2F)C(=O)C1. The zero-order valence-corrected chi connectivity index (χ0v) is 16.7. The molecule has 1 fully saturated rings. The Bertz CT molecular complexity index is 1200. The van der Waals surface area contributed by atoms with E-state index in [1.165, 1.54) is 28.8 Å². The van der Waals surface area contributed by atoms with Crippen LogP contribution < -0.4 is 10.5 Å². The molecule has 2 amide bonds. The Morgan fingerprint density at radius 2 is 1.79 bits per heavy atom. The molecule has 1 N–H and O–H groups in total. The van der Waals surface area contributed by atoms with Gasteiger partial charge in [0.15, 0.2) is 0 Å². The van der Waals surface area contributed by atoms with Crippen molar-refractivity contribution in [3.05, 3.63) is 68.1 Å². The number of nitrogens with zero attached hydrogens (tertiary/aromatic N) is 3. The lowest BCUT2D eigenvalue weighted by atomic mass is 10.1. The number of H-pyrrole nitrogens is 1. The first-order valence-corrected chi connectivity index (χ1v) is 9.41. The van der Waals surface area contributed by atoms with E-state index in [0.717, 1.165) is 4.90 Å². The van der Waals surface area contributed by atoms with Crippen molar-refractivity contribution in [1.82, 2.24) is 14.3 Å². The van der Waals surface area contributed by atoms with Gasteiger partial charge in [-0.15, -0.1) is 0 Å². The zero-order valence-electron chi connectivity index (χ0n) is 15.2. The van der Waals surface area contributed by atoms with Crippen LogP contribution in [0.5, 0.6) is 0 Å². The number of amides is 2. The number of piperazine rings is 1. The molecule has 150 valence electrons. The highest BCUT2D eigenvalue weighted by Crippen LogP contribution is 2.28. The molecule has 1 aliphatic heterocycles. The third-order valence-electron chi connectivity index (χ3n) is 4.73. The number of rotatable bonds is 3. The van der Waals surface area contributed by atoms with Crippen LogP contribution in [0.15, 0.2) is 35.3 Å². The molecule has 0 aliphatic carbocycles. The molecular formula is C19H15Cl2FN4O3. The number of aromatic amines is 1. The lowest BCUT2D eigenvalue weighted by Gasteiger charge is -2.30. The predicted molar refractivity (Wildman–Crippen MR) is 107 cm³/mol. The molecule has 3 aromatic rings. The Morgan fingerprint density at radius 1 is 1.10 bits per heavy atom. The zero-order chi connectivity index (χ0) is 20.9. The predicted octanol–water partition coefficient (Wildman–Crippen LogP) is 2.47. The Labute approximate surface area is 174 Å². The molecule has 0 radical (unpaired) electrons. The highest BCUT2D eigenvalue weighted by Gasteiger charge is 2.32. The largest absolute Gasteiger partial charge is 0.326 e. The summed E-state index contributed by atoms with van der Waals surface area (Å²) in [7, 11) is 1.65. The van der Waals surface area contributed by atoms with E-state index in [4.69, 9.17) is 23.2 Å². The molecule has 1 aliphatic rings. The second-order valence-electron chi connectivity index (χ2n) is 6.87. The average Bonchev–Trinajstić information content (AvgIpc) is 2.95. The van der Waals surface area contributed by atoms with E-state index < -0.39 is 17.6 Å². The quantitative estimate of drug-likeness (QED) is 0.639. The summed E-state index contributed by atoms with van der Waals surface area (Å²) in [5.74, 6) is -1.66. The number of carbonyl (C=O) groups excluding carboxylic acids is 2. The van der Waals surface area contributed by atoms with Crippen LogP contribution in [-0.4, -0.2) is 46.2 Å². The Morgan fingerprint density at radius 3 is 2.48 bits per heavy atom. The molecule has 4 rings (SSSR count). The van der Waals surface area contributed by atoms with Gasteiger partial charge in [-0.05, 0) is 30.8 Å². The average molecular weight is 437 g/mol. The summed E-state index contributed by atoms with van der Waals surface area (Å²) in [6.07, 6.45) is 1.74. The van der Waals surface area contributed by atoms with Crippen LogP contribution in [0.4, 0.5) is 10.1 Å². The van der Waals surface area contributed by atoms with Crippen molar-refractivity contribution in [3.63, 3.8) is 0 Å². The van der Waals surface area contributed by atoms with Crippen LogP contribution in [0.2, 0.25) is 10.2 Å². The fourth-order valence-corrected chi connectivity index (χ4v) is 3.88. The van der Waals surface area contributed by atoms with Gasteiger partial charge in [-0.1, -0.05) is 29.3 Å². The van der Waals surface area contributed by atoms with Crippen molar-refractivity contribution in [2.24, 2.45) is 0 Å². The van der Waals surface area contributed by atoms with Crippen molar-refractivity contribution < 1.29 is 14.0 Å². The summed E-state index contributed by atoms with van der Waals surface area (Å²) >= 11 is 12.3. The smallest absolute Gasteiger partial charge is 0.272 e. The van der Waals surface area contributed by atoms with E-state index >= 15 is 0 Å². The maximum Gasteiger partial charge on any atom is 0.272 e. The number of hydrogen-bond donors (Lipinski definition) is 1. The molecule has 1 aromatic carbocycles. The third kappa shape index (κ3) is 3.43. The number of aromatic nitrogens is 2. The van der Waals surface area contributed by atoms with Crippen molar-refractivity contribution >= 4 is 46.2 Å². The van der Waals surface area contributed by atoms with Gasteiger partial charge in [-0.3, -0.25) is 23.7 Å². The number of benzene rings is 1. The van der Waals surface area contributed by atoms with E-state index in [1.807, 2.05) is 0 Å². The summed E-state index contributed by atoms with van der Waals surface area (Å²) < 4.78 is 16.0. The van der Waals surface area contributed by atoms with Crippen LogP contribution in [0.25, 0.3) is 5.52 Å². The normalized spacial score (nSPS) is 15.5. The van der Waals surface area contributed by atoms with Gasteiger partial charge in [0.05, 0.1) is 23.8 Å². The van der Waals surface area contributed by atoms with Crippen molar-refractivity contribution in [2.75, 3.05) is 25.0 Å². The minimum atomic E-state index is -0.673. The van der Waals surface area contributed by atoms with E-state index in [9.17, 15) is 18.8 Å². The molecule has 0 unspecified atom stereocenters. The standard InChI is InChI=1S/C19H15Cl2FN4O3/c1-24-8-16(27)26(17(28)9-24)14-5-10(2-3-13(14)22)4-11-7-23-19(29)15-6-12(20)18(21)25(11)15/h2-3,5-7H,4,8-9H2,1H3,(H,23,29). The van der Waals surface area contributed by atoms with Gasteiger partial charge in [-0.25, -0.2) is 9.29 Å². The molecule has 7 nitrogen and oxygen atoms in total. The second-order valence-corrected chi connectivity index (χ2v) is 7.64. The first-order chi connectivity index (χ1) is 13.8. The highest BCUT2D eigenvalue weighted by atomic mass is 35.5. The van der Waals surface area contributed by atoms with E-state index in [-0.39, 0.29) is 46.4 Å². The van der Waals surface area contributed by atoms with Crippen molar-refractivity contribution in [3.8, 4) is 0 Å². The lowest BCUT2D eigenvalue weighted by molar-refractivity contribution is -0.131. The number of nitrogens with one attached hydrogen (secondary N) is 1. The van der Waals surface area contributed by atoms with Crippen LogP contribution in [-0.2, 0) is 16.0 Å². The molecule has 1 saturated heterocycles. The number of carbonyl (C=O) groups is 2. The number of halogens is 3. The highest BCUT2D eigenvalue weighted by molar-refractivity contribution is 6.42.